The van der Waals surface area contributed by atoms with Crippen molar-refractivity contribution in [1.82, 2.24) is 4.68 Å². The molecule has 1 heterocycles. The van der Waals surface area contributed by atoms with Crippen molar-refractivity contribution in [3.8, 4) is 17.0 Å². The quantitative estimate of drug-likeness (QED) is 0.699. The third-order valence-electron chi connectivity index (χ3n) is 3.78. The molecule has 0 radical (unpaired) electrons. The van der Waals surface area contributed by atoms with Crippen molar-refractivity contribution in [3.63, 3.8) is 0 Å². The summed E-state index contributed by atoms with van der Waals surface area (Å²) >= 11 is 1.41. The summed E-state index contributed by atoms with van der Waals surface area (Å²) in [5, 5.41) is 16.1. The lowest BCUT2D eigenvalue weighted by molar-refractivity contribution is 0.475. The van der Waals surface area contributed by atoms with Crippen molar-refractivity contribution < 1.29 is 9.50 Å². The van der Waals surface area contributed by atoms with Gasteiger partial charge in [-0.2, -0.15) is 5.10 Å². The number of benzene rings is 2. The summed E-state index contributed by atoms with van der Waals surface area (Å²) in [6.45, 7) is 2.00. The molecule has 1 aromatic heterocycles. The molecule has 0 saturated carbocycles. The summed E-state index contributed by atoms with van der Waals surface area (Å²) in [6, 6.07) is 13.5. The lowest BCUT2D eigenvalue weighted by Crippen LogP contribution is -2.15. The summed E-state index contributed by atoms with van der Waals surface area (Å²) in [7, 11) is 1.69. The van der Waals surface area contributed by atoms with E-state index < -0.39 is 0 Å². The average Bonchev–Trinajstić information content (AvgIpc) is 3.03. The van der Waals surface area contributed by atoms with Crippen molar-refractivity contribution in [1.29, 1.82) is 0 Å². The van der Waals surface area contributed by atoms with Crippen LogP contribution in [0.1, 0.15) is 18.9 Å². The number of nitrogens with zero attached hydrogens (tertiary/aromatic N) is 3. The third kappa shape index (κ3) is 3.53. The molecule has 1 N–H and O–H groups in total. The van der Waals surface area contributed by atoms with E-state index in [2.05, 4.69) is 4.99 Å². The van der Waals surface area contributed by atoms with E-state index in [-0.39, 0.29) is 11.6 Å². The van der Waals surface area contributed by atoms with E-state index >= 15 is 0 Å². The SMILES string of the molecule is CCC(=Nn1c(-c2ccccc2F)csc1=NC)c1ccc(O)cc1. The molecule has 0 fully saturated rings. The molecule has 25 heavy (non-hydrogen) atoms. The normalized spacial score (nSPS) is 12.6. The Bertz CT molecular complexity index is 971. The maximum atomic E-state index is 14.2. The van der Waals surface area contributed by atoms with Crippen LogP contribution in [0.2, 0.25) is 0 Å². The molecule has 2 aromatic carbocycles. The van der Waals surface area contributed by atoms with E-state index in [0.717, 1.165) is 11.3 Å². The number of thiazole rings is 1. The summed E-state index contributed by atoms with van der Waals surface area (Å²) in [4.78, 5) is 4.94. The van der Waals surface area contributed by atoms with E-state index in [0.29, 0.717) is 22.5 Å². The highest BCUT2D eigenvalue weighted by Crippen LogP contribution is 2.23. The van der Waals surface area contributed by atoms with Gasteiger partial charge in [0.25, 0.3) is 0 Å². The zero-order chi connectivity index (χ0) is 17.8. The Kier molecular flexibility index (Phi) is 5.09. The van der Waals surface area contributed by atoms with Crippen LogP contribution >= 0.6 is 11.3 Å². The van der Waals surface area contributed by atoms with Gasteiger partial charge < -0.3 is 5.11 Å². The number of hydrogen-bond acceptors (Lipinski definition) is 4. The number of phenolic OH excluding ortho intramolecular Hbond substituents is 1. The lowest BCUT2D eigenvalue weighted by atomic mass is 10.1. The fourth-order valence-electron chi connectivity index (χ4n) is 2.51. The van der Waals surface area contributed by atoms with Crippen LogP contribution in [-0.2, 0) is 0 Å². The van der Waals surface area contributed by atoms with Gasteiger partial charge in [-0.15, -0.1) is 11.3 Å². The molecular weight excluding hydrogens is 337 g/mol. The van der Waals surface area contributed by atoms with Crippen LogP contribution in [0.3, 0.4) is 0 Å². The first-order valence-electron chi connectivity index (χ1n) is 7.89. The number of aromatic nitrogens is 1. The Morgan fingerprint density at radius 1 is 1.16 bits per heavy atom. The van der Waals surface area contributed by atoms with Gasteiger partial charge in [0.1, 0.15) is 11.6 Å². The molecule has 0 aliphatic heterocycles. The number of phenols is 1. The van der Waals surface area contributed by atoms with Crippen LogP contribution in [0.5, 0.6) is 5.75 Å². The maximum Gasteiger partial charge on any atom is 0.205 e. The van der Waals surface area contributed by atoms with Crippen molar-refractivity contribution in [2.45, 2.75) is 13.3 Å². The van der Waals surface area contributed by atoms with Crippen LogP contribution < -0.4 is 4.80 Å². The molecule has 3 rings (SSSR count). The van der Waals surface area contributed by atoms with Crippen molar-refractivity contribution in [2.75, 3.05) is 7.05 Å². The first-order valence-corrected chi connectivity index (χ1v) is 8.77. The molecular formula is C19H18FN3OS. The highest BCUT2D eigenvalue weighted by Gasteiger charge is 2.12. The fraction of sp³-hybridized carbons (Fsp3) is 0.158. The van der Waals surface area contributed by atoms with Crippen molar-refractivity contribution in [3.05, 3.63) is 70.1 Å². The second-order valence-electron chi connectivity index (χ2n) is 5.37. The molecule has 4 nitrogen and oxygen atoms in total. The molecule has 128 valence electrons. The summed E-state index contributed by atoms with van der Waals surface area (Å²) in [5.74, 6) is -0.0896. The van der Waals surface area contributed by atoms with E-state index in [9.17, 15) is 9.50 Å². The second kappa shape index (κ2) is 7.44. The summed E-state index contributed by atoms with van der Waals surface area (Å²) < 4.78 is 15.9. The topological polar surface area (TPSA) is 49.9 Å². The first kappa shape index (κ1) is 17.1. The van der Waals surface area contributed by atoms with E-state index in [4.69, 9.17) is 5.10 Å². The fourth-order valence-corrected chi connectivity index (χ4v) is 3.30. The Balaban J connectivity index is 2.17. The van der Waals surface area contributed by atoms with Crippen molar-refractivity contribution in [2.24, 2.45) is 10.1 Å². The van der Waals surface area contributed by atoms with Gasteiger partial charge in [0.05, 0.1) is 11.4 Å². The minimum absolute atomic E-state index is 0.207. The molecule has 0 bridgehead atoms. The van der Waals surface area contributed by atoms with E-state index in [1.54, 1.807) is 42.1 Å². The molecule has 0 saturated heterocycles. The van der Waals surface area contributed by atoms with Gasteiger partial charge in [-0.25, -0.2) is 9.07 Å². The molecule has 0 amide bonds. The Morgan fingerprint density at radius 2 is 1.88 bits per heavy atom. The minimum Gasteiger partial charge on any atom is -0.508 e. The second-order valence-corrected chi connectivity index (χ2v) is 6.20. The Morgan fingerprint density at radius 3 is 2.52 bits per heavy atom. The molecule has 3 aromatic rings. The molecule has 6 heteroatoms. The highest BCUT2D eigenvalue weighted by atomic mass is 32.1. The molecule has 0 atom stereocenters. The van der Waals surface area contributed by atoms with Gasteiger partial charge in [-0.3, -0.25) is 4.99 Å². The van der Waals surface area contributed by atoms with Gasteiger partial charge in [-0.05, 0) is 48.4 Å². The third-order valence-corrected chi connectivity index (χ3v) is 4.69. The van der Waals surface area contributed by atoms with Crippen LogP contribution in [-0.4, -0.2) is 22.5 Å². The minimum atomic E-state index is -0.297. The molecule has 0 aliphatic rings. The van der Waals surface area contributed by atoms with Crippen molar-refractivity contribution >= 4 is 17.0 Å². The average molecular weight is 355 g/mol. The van der Waals surface area contributed by atoms with Gasteiger partial charge in [0.15, 0.2) is 0 Å². The van der Waals surface area contributed by atoms with Crippen LogP contribution in [0.4, 0.5) is 4.39 Å². The summed E-state index contributed by atoms with van der Waals surface area (Å²) in [6.07, 6.45) is 0.688. The highest BCUT2D eigenvalue weighted by molar-refractivity contribution is 7.07. The van der Waals surface area contributed by atoms with Crippen LogP contribution in [0.15, 0.2) is 64.0 Å². The maximum absolute atomic E-state index is 14.2. The number of halogens is 1. The number of hydrogen-bond donors (Lipinski definition) is 1. The van der Waals surface area contributed by atoms with Gasteiger partial charge in [0.2, 0.25) is 4.80 Å². The smallest absolute Gasteiger partial charge is 0.205 e. The van der Waals surface area contributed by atoms with Gasteiger partial charge >= 0.3 is 0 Å². The monoisotopic (exact) mass is 355 g/mol. The van der Waals surface area contributed by atoms with E-state index in [1.165, 1.54) is 17.4 Å². The zero-order valence-electron chi connectivity index (χ0n) is 14.0. The predicted molar refractivity (Wildman–Crippen MR) is 99.5 cm³/mol. The number of aromatic hydroxyl groups is 1. The summed E-state index contributed by atoms with van der Waals surface area (Å²) in [5.41, 5.74) is 2.87. The standard InChI is InChI=1S/C19H18FN3OS/c1-3-17(13-8-10-14(24)11-9-13)22-23-18(12-25-19(23)21-2)15-6-4-5-7-16(15)20/h4-12,24H,3H2,1-2H3. The van der Waals surface area contributed by atoms with Crippen LogP contribution in [0.25, 0.3) is 11.3 Å². The van der Waals surface area contributed by atoms with E-state index in [1.807, 2.05) is 24.4 Å². The molecule has 0 aliphatic carbocycles. The molecule has 0 spiro atoms. The van der Waals surface area contributed by atoms with Gasteiger partial charge in [-0.1, -0.05) is 19.1 Å². The zero-order valence-corrected chi connectivity index (χ0v) is 14.8. The Hall–Kier alpha value is -2.73. The number of rotatable bonds is 4. The lowest BCUT2D eigenvalue weighted by Gasteiger charge is -2.08. The largest absolute Gasteiger partial charge is 0.508 e. The molecule has 0 unspecified atom stereocenters. The van der Waals surface area contributed by atoms with Gasteiger partial charge in [0, 0.05) is 18.0 Å². The predicted octanol–water partition coefficient (Wildman–Crippen LogP) is 4.25. The first-order chi connectivity index (χ1) is 12.1. The van der Waals surface area contributed by atoms with Crippen LogP contribution in [0, 0.1) is 5.82 Å². The Labute approximate surface area is 149 Å².